The van der Waals surface area contributed by atoms with Crippen molar-refractivity contribution < 1.29 is 14.3 Å². The number of piperidine rings is 1. The molecule has 1 aromatic carbocycles. The molecular weight excluding hydrogens is 342 g/mol. The molecule has 0 bridgehead atoms. The maximum Gasteiger partial charge on any atom is 0.253 e. The Morgan fingerprint density at radius 1 is 1.28 bits per heavy atom. The summed E-state index contributed by atoms with van der Waals surface area (Å²) >= 11 is 0. The molecule has 4 rings (SSSR count). The molecule has 3 heterocycles. The highest BCUT2D eigenvalue weighted by molar-refractivity contribution is 6.08. The maximum absolute atomic E-state index is 12.9. The molecule has 2 saturated heterocycles. The number of nitrogens with zero attached hydrogens (tertiary/aromatic N) is 2. The second kappa shape index (κ2) is 6.94. The molecule has 1 atom stereocenters. The van der Waals surface area contributed by atoms with Crippen LogP contribution in [0.3, 0.4) is 0 Å². The van der Waals surface area contributed by atoms with Crippen LogP contribution in [0.15, 0.2) is 24.3 Å². The van der Waals surface area contributed by atoms with Crippen molar-refractivity contribution >= 4 is 29.9 Å². The number of hydrogen-bond acceptors (Lipinski definition) is 4. The number of ether oxygens (including phenoxy) is 1. The molecule has 1 spiro atoms. The zero-order valence-electron chi connectivity index (χ0n) is 14.4. The topological polar surface area (TPSA) is 61.9 Å². The van der Waals surface area contributed by atoms with Crippen molar-refractivity contribution in [3.8, 4) is 0 Å². The summed E-state index contributed by atoms with van der Waals surface area (Å²) in [5, 5.41) is 3.20. The van der Waals surface area contributed by atoms with Crippen LogP contribution in [0.4, 0.5) is 5.69 Å². The van der Waals surface area contributed by atoms with Crippen molar-refractivity contribution in [3.05, 3.63) is 29.8 Å². The Labute approximate surface area is 153 Å². The number of halogens is 1. The summed E-state index contributed by atoms with van der Waals surface area (Å²) in [6, 6.07) is 8.02. The van der Waals surface area contributed by atoms with E-state index in [0.29, 0.717) is 39.1 Å². The zero-order valence-corrected chi connectivity index (χ0v) is 15.2. The third-order valence-electron chi connectivity index (χ3n) is 5.63. The molecule has 1 aromatic rings. The SMILES string of the molecule is CN1C(=O)C2(CCN(C(=O)C3CNCCO3)CC2)c2ccccc21.Cl. The molecule has 0 aromatic heterocycles. The number of para-hydroxylation sites is 1. The van der Waals surface area contributed by atoms with E-state index < -0.39 is 5.41 Å². The summed E-state index contributed by atoms with van der Waals surface area (Å²) in [5.41, 5.74) is 1.65. The lowest BCUT2D eigenvalue weighted by atomic mass is 9.73. The van der Waals surface area contributed by atoms with Gasteiger partial charge >= 0.3 is 0 Å². The summed E-state index contributed by atoms with van der Waals surface area (Å²) in [6.45, 7) is 3.15. The highest BCUT2D eigenvalue weighted by Crippen LogP contribution is 2.47. The van der Waals surface area contributed by atoms with E-state index in [9.17, 15) is 9.59 Å². The summed E-state index contributed by atoms with van der Waals surface area (Å²) < 4.78 is 5.58. The highest BCUT2D eigenvalue weighted by Gasteiger charge is 2.51. The fourth-order valence-corrected chi connectivity index (χ4v) is 4.24. The van der Waals surface area contributed by atoms with Gasteiger partial charge in [-0.1, -0.05) is 18.2 Å². The van der Waals surface area contributed by atoms with Crippen LogP contribution in [0.1, 0.15) is 18.4 Å². The molecule has 1 N–H and O–H groups in total. The molecule has 136 valence electrons. The smallest absolute Gasteiger partial charge is 0.253 e. The fraction of sp³-hybridized carbons (Fsp3) is 0.556. The molecule has 1 unspecified atom stereocenters. The molecule has 2 fully saturated rings. The van der Waals surface area contributed by atoms with E-state index in [0.717, 1.165) is 17.8 Å². The van der Waals surface area contributed by atoms with E-state index in [1.54, 1.807) is 4.90 Å². The Morgan fingerprint density at radius 2 is 2.00 bits per heavy atom. The Bertz CT molecular complexity index is 667. The first-order valence-corrected chi connectivity index (χ1v) is 8.62. The zero-order chi connectivity index (χ0) is 16.7. The molecule has 6 nitrogen and oxygen atoms in total. The minimum atomic E-state index is -0.464. The number of fused-ring (bicyclic) bond motifs is 2. The van der Waals surface area contributed by atoms with Gasteiger partial charge < -0.3 is 19.9 Å². The summed E-state index contributed by atoms with van der Waals surface area (Å²) in [7, 11) is 1.84. The number of likely N-dealkylation sites (N-methyl/N-ethyl adjacent to an activating group) is 1. The van der Waals surface area contributed by atoms with Crippen LogP contribution in [0.25, 0.3) is 0 Å². The van der Waals surface area contributed by atoms with E-state index >= 15 is 0 Å². The summed E-state index contributed by atoms with van der Waals surface area (Å²) in [5.74, 6) is 0.204. The van der Waals surface area contributed by atoms with E-state index in [-0.39, 0.29) is 30.3 Å². The standard InChI is InChI=1S/C18H23N3O3.ClH/c1-20-14-5-3-2-4-13(14)18(17(20)23)6-9-21(10-7-18)16(22)15-12-19-8-11-24-15;/h2-5,15,19H,6-12H2,1H3;1H. The number of carbonyl (C=O) groups is 2. The molecule has 7 heteroatoms. The fourth-order valence-electron chi connectivity index (χ4n) is 4.24. The molecule has 0 radical (unpaired) electrons. The van der Waals surface area contributed by atoms with Gasteiger partial charge in [0, 0.05) is 38.9 Å². The number of morpholine rings is 1. The van der Waals surface area contributed by atoms with Crippen molar-refractivity contribution in [2.45, 2.75) is 24.4 Å². The predicted molar refractivity (Wildman–Crippen MR) is 97.2 cm³/mol. The lowest BCUT2D eigenvalue weighted by molar-refractivity contribution is -0.148. The van der Waals surface area contributed by atoms with Crippen LogP contribution in [0, 0.1) is 0 Å². The van der Waals surface area contributed by atoms with E-state index in [1.807, 2.05) is 30.1 Å². The van der Waals surface area contributed by atoms with Gasteiger partial charge in [-0.3, -0.25) is 9.59 Å². The van der Waals surface area contributed by atoms with Gasteiger partial charge in [-0.2, -0.15) is 0 Å². The predicted octanol–water partition coefficient (Wildman–Crippen LogP) is 0.933. The number of benzene rings is 1. The normalized spacial score (nSPS) is 24.8. The first-order chi connectivity index (χ1) is 11.6. The van der Waals surface area contributed by atoms with Crippen LogP contribution >= 0.6 is 12.4 Å². The van der Waals surface area contributed by atoms with Crippen LogP contribution in [-0.2, 0) is 19.7 Å². The van der Waals surface area contributed by atoms with Gasteiger partial charge in [-0.25, -0.2) is 0 Å². The molecule has 0 aliphatic carbocycles. The highest BCUT2D eigenvalue weighted by atomic mass is 35.5. The first-order valence-electron chi connectivity index (χ1n) is 8.62. The Morgan fingerprint density at radius 3 is 2.68 bits per heavy atom. The number of nitrogens with one attached hydrogen (secondary N) is 1. The van der Waals surface area contributed by atoms with Crippen LogP contribution in [0.5, 0.6) is 0 Å². The van der Waals surface area contributed by atoms with E-state index in [2.05, 4.69) is 11.4 Å². The molecule has 3 aliphatic heterocycles. The first kappa shape index (κ1) is 18.2. The Balaban J connectivity index is 0.00000182. The van der Waals surface area contributed by atoms with Crippen LogP contribution < -0.4 is 10.2 Å². The number of likely N-dealkylation sites (tertiary alicyclic amines) is 1. The van der Waals surface area contributed by atoms with Crippen molar-refractivity contribution in [1.29, 1.82) is 0 Å². The third kappa shape index (κ3) is 2.82. The molecule has 0 saturated carbocycles. The maximum atomic E-state index is 12.9. The number of amides is 2. The molecule has 25 heavy (non-hydrogen) atoms. The van der Waals surface area contributed by atoms with Crippen molar-refractivity contribution in [1.82, 2.24) is 10.2 Å². The van der Waals surface area contributed by atoms with Crippen molar-refractivity contribution in [2.24, 2.45) is 0 Å². The lowest BCUT2D eigenvalue weighted by Gasteiger charge is -2.40. The molecule has 3 aliphatic rings. The van der Waals surface area contributed by atoms with Gasteiger partial charge in [-0.05, 0) is 24.5 Å². The average Bonchev–Trinajstić information content (AvgIpc) is 2.85. The van der Waals surface area contributed by atoms with Gasteiger partial charge in [0.1, 0.15) is 6.10 Å². The Kier molecular flexibility index (Phi) is 5.04. The summed E-state index contributed by atoms with van der Waals surface area (Å²) in [4.78, 5) is 29.1. The van der Waals surface area contributed by atoms with Gasteiger partial charge in [0.15, 0.2) is 0 Å². The second-order valence-corrected chi connectivity index (χ2v) is 6.85. The van der Waals surface area contributed by atoms with Crippen molar-refractivity contribution in [2.75, 3.05) is 44.7 Å². The van der Waals surface area contributed by atoms with Gasteiger partial charge in [0.05, 0.1) is 12.0 Å². The minimum absolute atomic E-state index is 0. The van der Waals surface area contributed by atoms with Gasteiger partial charge in [0.2, 0.25) is 5.91 Å². The van der Waals surface area contributed by atoms with Crippen LogP contribution in [0.2, 0.25) is 0 Å². The third-order valence-corrected chi connectivity index (χ3v) is 5.63. The van der Waals surface area contributed by atoms with E-state index in [4.69, 9.17) is 4.74 Å². The van der Waals surface area contributed by atoms with Crippen molar-refractivity contribution in [3.63, 3.8) is 0 Å². The number of rotatable bonds is 1. The van der Waals surface area contributed by atoms with Gasteiger partial charge in [-0.15, -0.1) is 12.4 Å². The molecule has 2 amide bonds. The quantitative estimate of drug-likeness (QED) is 0.804. The molecular formula is C18H24ClN3O3. The largest absolute Gasteiger partial charge is 0.366 e. The van der Waals surface area contributed by atoms with E-state index in [1.165, 1.54) is 0 Å². The number of carbonyl (C=O) groups excluding carboxylic acids is 2. The lowest BCUT2D eigenvalue weighted by Crippen LogP contribution is -2.54. The summed E-state index contributed by atoms with van der Waals surface area (Å²) in [6.07, 6.45) is 0.972. The number of anilines is 1. The minimum Gasteiger partial charge on any atom is -0.366 e. The average molecular weight is 366 g/mol. The van der Waals surface area contributed by atoms with Gasteiger partial charge in [0.25, 0.3) is 5.91 Å². The van der Waals surface area contributed by atoms with Crippen LogP contribution in [-0.4, -0.2) is 62.7 Å². The second-order valence-electron chi connectivity index (χ2n) is 6.85. The Hall–Kier alpha value is -1.63. The number of hydrogen-bond donors (Lipinski definition) is 1. The monoisotopic (exact) mass is 365 g/mol.